The van der Waals surface area contributed by atoms with Gasteiger partial charge in [-0.15, -0.1) is 5.10 Å². The van der Waals surface area contributed by atoms with Gasteiger partial charge in [-0.1, -0.05) is 31.2 Å². The van der Waals surface area contributed by atoms with Crippen LogP contribution in [0, 0.1) is 15.4 Å². The second-order valence-electron chi connectivity index (χ2n) is 8.58. The van der Waals surface area contributed by atoms with Crippen LogP contribution in [-0.2, 0) is 37.4 Å². The number of aromatic nitrogens is 3. The number of rotatable bonds is 11. The summed E-state index contributed by atoms with van der Waals surface area (Å²) in [7, 11) is -2.38. The van der Waals surface area contributed by atoms with Crippen molar-refractivity contribution < 1.29 is 22.7 Å². The zero-order valence-corrected chi connectivity index (χ0v) is 23.1. The molecule has 0 bridgehead atoms. The second kappa shape index (κ2) is 12.4. The van der Waals surface area contributed by atoms with E-state index in [4.69, 9.17) is 4.74 Å². The summed E-state index contributed by atoms with van der Waals surface area (Å²) in [6, 6.07) is 13.7. The molecule has 0 fully saturated rings. The highest BCUT2D eigenvalue weighted by Crippen LogP contribution is 2.18. The summed E-state index contributed by atoms with van der Waals surface area (Å²) in [5.41, 5.74) is 1.94. The number of nitrogens with zero attached hydrogens (tertiary/aromatic N) is 3. The van der Waals surface area contributed by atoms with Crippen molar-refractivity contribution in [2.75, 3.05) is 12.4 Å². The predicted molar refractivity (Wildman–Crippen MR) is 142 cm³/mol. The number of hydrogen-bond donors (Lipinski definition) is 2. The van der Waals surface area contributed by atoms with Crippen LogP contribution in [0.15, 0.2) is 59.6 Å². The Bertz CT molecular complexity index is 1290. The molecular formula is C24H28IN5O5S. The van der Waals surface area contributed by atoms with Gasteiger partial charge in [0.2, 0.25) is 15.9 Å². The smallest absolute Gasteiger partial charge is 0.318 e. The zero-order chi connectivity index (χ0) is 26.3. The third kappa shape index (κ3) is 7.83. The van der Waals surface area contributed by atoms with Crippen molar-refractivity contribution >= 4 is 50.2 Å². The SMILES string of the molecule is COC(=O)C(CC(C)C)C(=O)Nc1ccc(Cn2cc(CNS(=O)(=O)c3ccc(I)cc3)nn2)cc1. The first-order valence-electron chi connectivity index (χ1n) is 11.2. The fourth-order valence-corrected chi connectivity index (χ4v) is 4.76. The number of amides is 1. The number of nitrogens with one attached hydrogen (secondary N) is 2. The summed E-state index contributed by atoms with van der Waals surface area (Å²) >= 11 is 2.11. The van der Waals surface area contributed by atoms with Crippen molar-refractivity contribution in [3.63, 3.8) is 0 Å². The van der Waals surface area contributed by atoms with Gasteiger partial charge in [-0.05, 0) is 76.9 Å². The quantitative estimate of drug-likeness (QED) is 0.190. The second-order valence-corrected chi connectivity index (χ2v) is 11.6. The van der Waals surface area contributed by atoms with E-state index < -0.39 is 27.8 Å². The summed E-state index contributed by atoms with van der Waals surface area (Å²) in [5.74, 6) is -1.67. The van der Waals surface area contributed by atoms with Crippen LogP contribution in [0.2, 0.25) is 0 Å². The lowest BCUT2D eigenvalue weighted by atomic mass is 9.96. The molecule has 0 aliphatic carbocycles. The summed E-state index contributed by atoms with van der Waals surface area (Å²) in [5, 5.41) is 10.9. The van der Waals surface area contributed by atoms with E-state index in [-0.39, 0.29) is 17.4 Å². The maximum absolute atomic E-state index is 12.6. The van der Waals surface area contributed by atoms with Crippen molar-refractivity contribution in [3.8, 4) is 0 Å². The van der Waals surface area contributed by atoms with Gasteiger partial charge in [0, 0.05) is 9.26 Å². The van der Waals surface area contributed by atoms with Crippen LogP contribution in [0.1, 0.15) is 31.5 Å². The van der Waals surface area contributed by atoms with Gasteiger partial charge in [0.1, 0.15) is 5.92 Å². The minimum absolute atomic E-state index is 0.0109. The molecule has 0 saturated heterocycles. The van der Waals surface area contributed by atoms with Gasteiger partial charge in [0.05, 0.1) is 37.0 Å². The van der Waals surface area contributed by atoms with E-state index in [1.165, 1.54) is 7.11 Å². The van der Waals surface area contributed by atoms with Gasteiger partial charge in [0.15, 0.2) is 0 Å². The van der Waals surface area contributed by atoms with E-state index in [2.05, 4.69) is 42.9 Å². The lowest BCUT2D eigenvalue weighted by molar-refractivity contribution is -0.149. The molecule has 1 unspecified atom stereocenters. The standard InChI is InChI=1S/C24H28IN5O5S/c1-16(2)12-22(24(32)35-3)23(31)27-19-8-4-17(5-9-19)14-30-15-20(28-29-30)13-26-36(33,34)21-10-6-18(25)7-11-21/h4-11,15-16,22,26H,12-14H2,1-3H3,(H,27,31). The topological polar surface area (TPSA) is 132 Å². The molecule has 0 aliphatic rings. The average molecular weight is 625 g/mol. The molecule has 0 spiro atoms. The minimum Gasteiger partial charge on any atom is -0.468 e. The number of ether oxygens (including phenoxy) is 1. The third-order valence-corrected chi connectivity index (χ3v) is 7.36. The van der Waals surface area contributed by atoms with E-state index in [1.54, 1.807) is 47.3 Å². The average Bonchev–Trinajstić information content (AvgIpc) is 3.29. The van der Waals surface area contributed by atoms with Gasteiger partial charge < -0.3 is 10.1 Å². The number of esters is 1. The Balaban J connectivity index is 1.56. The third-order valence-electron chi connectivity index (χ3n) is 5.23. The molecule has 12 heteroatoms. The van der Waals surface area contributed by atoms with Crippen LogP contribution >= 0.6 is 22.6 Å². The van der Waals surface area contributed by atoms with Gasteiger partial charge in [-0.25, -0.2) is 17.8 Å². The summed E-state index contributed by atoms with van der Waals surface area (Å²) in [6.07, 6.45) is 2.06. The van der Waals surface area contributed by atoms with Gasteiger partial charge in [-0.3, -0.25) is 9.59 Å². The number of methoxy groups -OCH3 is 1. The predicted octanol–water partition coefficient (Wildman–Crippen LogP) is 3.18. The molecule has 192 valence electrons. The maximum atomic E-state index is 12.6. The monoisotopic (exact) mass is 625 g/mol. The van der Waals surface area contributed by atoms with Crippen LogP contribution in [-0.4, -0.2) is 42.4 Å². The molecule has 0 aliphatic heterocycles. The number of carbonyl (C=O) groups excluding carboxylic acids is 2. The molecule has 0 radical (unpaired) electrons. The number of anilines is 1. The molecule has 36 heavy (non-hydrogen) atoms. The molecule has 3 rings (SSSR count). The molecule has 1 aromatic heterocycles. The lowest BCUT2D eigenvalue weighted by Crippen LogP contribution is -2.31. The normalized spacial score (nSPS) is 12.4. The van der Waals surface area contributed by atoms with E-state index in [9.17, 15) is 18.0 Å². The van der Waals surface area contributed by atoms with Crippen molar-refractivity contribution in [3.05, 3.63) is 69.6 Å². The summed E-state index contributed by atoms with van der Waals surface area (Å²) in [4.78, 5) is 24.8. The summed E-state index contributed by atoms with van der Waals surface area (Å²) < 4.78 is 34.7. The van der Waals surface area contributed by atoms with Crippen LogP contribution in [0.5, 0.6) is 0 Å². The first-order valence-corrected chi connectivity index (χ1v) is 13.8. The Morgan fingerprint density at radius 3 is 2.36 bits per heavy atom. The fourth-order valence-electron chi connectivity index (χ4n) is 3.40. The van der Waals surface area contributed by atoms with Gasteiger partial charge in [-0.2, -0.15) is 0 Å². The highest BCUT2D eigenvalue weighted by Gasteiger charge is 2.28. The number of hydrogen-bond acceptors (Lipinski definition) is 7. The van der Waals surface area contributed by atoms with Crippen LogP contribution in [0.4, 0.5) is 5.69 Å². The Morgan fingerprint density at radius 1 is 1.08 bits per heavy atom. The van der Waals surface area contributed by atoms with Crippen LogP contribution < -0.4 is 10.0 Å². The first-order chi connectivity index (χ1) is 17.1. The molecular weight excluding hydrogens is 597 g/mol. The Labute approximate surface area is 224 Å². The van der Waals surface area contributed by atoms with E-state index in [0.29, 0.717) is 24.3 Å². The highest BCUT2D eigenvalue weighted by atomic mass is 127. The molecule has 10 nitrogen and oxygen atoms in total. The van der Waals surface area contributed by atoms with E-state index >= 15 is 0 Å². The Morgan fingerprint density at radius 2 is 1.75 bits per heavy atom. The fraction of sp³-hybridized carbons (Fsp3) is 0.333. The van der Waals surface area contributed by atoms with E-state index in [1.807, 2.05) is 26.0 Å². The number of sulfonamides is 1. The first kappa shape index (κ1) is 27.7. The lowest BCUT2D eigenvalue weighted by Gasteiger charge is -2.16. The Kier molecular flexibility index (Phi) is 9.56. The number of carbonyl (C=O) groups is 2. The maximum Gasteiger partial charge on any atom is 0.318 e. The molecule has 3 aromatic rings. The molecule has 1 heterocycles. The number of benzene rings is 2. The molecule has 0 saturated carbocycles. The van der Waals surface area contributed by atoms with Crippen LogP contribution in [0.3, 0.4) is 0 Å². The van der Waals surface area contributed by atoms with Gasteiger partial charge in [0.25, 0.3) is 0 Å². The molecule has 1 atom stereocenters. The van der Waals surface area contributed by atoms with E-state index in [0.717, 1.165) is 9.13 Å². The van der Waals surface area contributed by atoms with Crippen molar-refractivity contribution in [2.24, 2.45) is 11.8 Å². The van der Waals surface area contributed by atoms with Crippen molar-refractivity contribution in [1.82, 2.24) is 19.7 Å². The van der Waals surface area contributed by atoms with Gasteiger partial charge >= 0.3 is 5.97 Å². The van der Waals surface area contributed by atoms with Crippen molar-refractivity contribution in [2.45, 2.75) is 38.3 Å². The summed E-state index contributed by atoms with van der Waals surface area (Å²) in [6.45, 7) is 4.29. The molecule has 1 amide bonds. The zero-order valence-electron chi connectivity index (χ0n) is 20.1. The molecule has 2 aromatic carbocycles. The van der Waals surface area contributed by atoms with Crippen molar-refractivity contribution in [1.29, 1.82) is 0 Å². The minimum atomic E-state index is -3.65. The molecule has 2 N–H and O–H groups in total. The van der Waals surface area contributed by atoms with Crippen LogP contribution in [0.25, 0.3) is 0 Å². The highest BCUT2D eigenvalue weighted by molar-refractivity contribution is 14.1. The largest absolute Gasteiger partial charge is 0.468 e. The Hall–Kier alpha value is -2.84. The number of halogens is 1.